The van der Waals surface area contributed by atoms with Gasteiger partial charge in [0, 0.05) is 69.2 Å². The molecule has 0 radical (unpaired) electrons. The lowest BCUT2D eigenvalue weighted by Gasteiger charge is -2.18. The van der Waals surface area contributed by atoms with E-state index in [9.17, 15) is 0 Å². The Morgan fingerprint density at radius 3 is 1.18 bits per heavy atom. The topological polar surface area (TPSA) is 57.9 Å². The van der Waals surface area contributed by atoms with Crippen LogP contribution in [0.15, 0.2) is 191 Å². The molecule has 6 aromatic heterocycles. The Morgan fingerprint density at radius 2 is 0.784 bits per heavy atom. The molecule has 10 aromatic rings. The molecule has 6 heterocycles. The van der Waals surface area contributed by atoms with Crippen molar-refractivity contribution in [2.45, 2.75) is 83.1 Å². The molecule has 0 aliphatic rings. The summed E-state index contributed by atoms with van der Waals surface area (Å²) in [5.74, 6) is 3.73. The van der Waals surface area contributed by atoms with Gasteiger partial charge in [0.1, 0.15) is 23.3 Å². The molecule has 8 heteroatoms. The molecule has 0 bridgehead atoms. The zero-order valence-electron chi connectivity index (χ0n) is 44.1. The summed E-state index contributed by atoms with van der Waals surface area (Å²) in [6, 6.07) is 63.8. The maximum Gasteiger partial charge on any atom is 0.140 e. The molecular weight excluding hydrogens is 971 g/mol. The van der Waals surface area contributed by atoms with Crippen LogP contribution in [0.25, 0.3) is 34.9 Å². The largest absolute Gasteiger partial charge is 0.303 e. The number of hydrogen-bond acceptors (Lipinski definition) is 3. The minimum Gasteiger partial charge on any atom is -0.303 e. The van der Waals surface area contributed by atoms with E-state index in [0.717, 1.165) is 45.4 Å². The molecule has 0 fully saturated rings. The van der Waals surface area contributed by atoms with Crippen LogP contribution in [0.3, 0.4) is 0 Å². The van der Waals surface area contributed by atoms with Crippen molar-refractivity contribution in [3.63, 3.8) is 0 Å². The first-order valence-electron chi connectivity index (χ1n) is 24.9. The number of benzene rings is 4. The smallest absolute Gasteiger partial charge is 0.140 e. The van der Waals surface area contributed by atoms with Crippen LogP contribution in [-0.2, 0) is 6.42 Å². The third-order valence-corrected chi connectivity index (χ3v) is 13.6. The SMILES string of the molecule is C.CN=C(Cc1ccccc1)c1cccc(C)c1.Cc1ccc(C)n1-c1cc(Br)cc(-n2c(C)ccc2C)n1.Cc1cccc(C(=Cc2ccccc2)c2cc(-n3c(C)ccc3C)nc(-n3c(C)ccc3C)c2)c1. The number of nitrogens with zero attached hydrogens (tertiary/aromatic N) is 7. The highest BCUT2D eigenvalue weighted by molar-refractivity contribution is 9.10. The van der Waals surface area contributed by atoms with E-state index in [2.05, 4.69) is 290 Å². The summed E-state index contributed by atoms with van der Waals surface area (Å²) in [6.45, 7) is 21.2. The van der Waals surface area contributed by atoms with E-state index in [4.69, 9.17) is 9.97 Å². The molecule has 10 rings (SSSR count). The molecule has 0 unspecified atom stereocenters. The lowest BCUT2D eigenvalue weighted by Crippen LogP contribution is -2.09. The van der Waals surface area contributed by atoms with Gasteiger partial charge in [-0.15, -0.1) is 0 Å². The molecule has 0 amide bonds. The summed E-state index contributed by atoms with van der Waals surface area (Å²) >= 11 is 3.62. The highest BCUT2D eigenvalue weighted by Crippen LogP contribution is 2.31. The van der Waals surface area contributed by atoms with Crippen LogP contribution >= 0.6 is 15.9 Å². The van der Waals surface area contributed by atoms with E-state index in [-0.39, 0.29) is 7.43 Å². The number of aromatic nitrogens is 6. The molecule has 0 aliphatic heterocycles. The molecule has 0 saturated carbocycles. The van der Waals surface area contributed by atoms with Gasteiger partial charge in [-0.25, -0.2) is 9.97 Å². The van der Waals surface area contributed by atoms with Crippen LogP contribution in [0, 0.1) is 69.2 Å². The molecule has 0 atom stereocenters. The lowest BCUT2D eigenvalue weighted by atomic mass is 9.95. The molecule has 0 spiro atoms. The van der Waals surface area contributed by atoms with Crippen LogP contribution < -0.4 is 0 Å². The third kappa shape index (κ3) is 12.7. The van der Waals surface area contributed by atoms with Gasteiger partial charge in [-0.2, -0.15) is 0 Å². The van der Waals surface area contributed by atoms with Crippen LogP contribution in [0.1, 0.15) is 91.9 Å². The zero-order chi connectivity index (χ0) is 51.8. The summed E-state index contributed by atoms with van der Waals surface area (Å²) in [5, 5.41) is 0. The summed E-state index contributed by atoms with van der Waals surface area (Å²) in [7, 11) is 1.86. The Labute approximate surface area is 448 Å². The molecule has 0 N–H and O–H groups in total. The second-order valence-corrected chi connectivity index (χ2v) is 19.8. The van der Waals surface area contributed by atoms with E-state index >= 15 is 0 Å². The Hall–Kier alpha value is -7.81. The molecule has 0 saturated heterocycles. The molecule has 7 nitrogen and oxygen atoms in total. The first-order chi connectivity index (χ1) is 35.2. The second kappa shape index (κ2) is 24.3. The predicted molar refractivity (Wildman–Crippen MR) is 316 cm³/mol. The van der Waals surface area contributed by atoms with Crippen molar-refractivity contribution >= 4 is 33.3 Å². The first-order valence-corrected chi connectivity index (χ1v) is 25.7. The number of aliphatic imine (C=N–C) groups is 1. The average molecular weight is 1040 g/mol. The molecule has 4 aromatic carbocycles. The van der Waals surface area contributed by atoms with Crippen LogP contribution in [0.5, 0.6) is 0 Å². The van der Waals surface area contributed by atoms with Crippen molar-refractivity contribution in [1.82, 2.24) is 28.2 Å². The van der Waals surface area contributed by atoms with Gasteiger partial charge in [0.15, 0.2) is 0 Å². The van der Waals surface area contributed by atoms with Crippen molar-refractivity contribution in [1.29, 1.82) is 0 Å². The van der Waals surface area contributed by atoms with Crippen molar-refractivity contribution in [3.05, 3.63) is 271 Å². The fraction of sp³-hybridized carbons (Fsp3) is 0.197. The molecule has 376 valence electrons. The van der Waals surface area contributed by atoms with Crippen molar-refractivity contribution < 1.29 is 0 Å². The van der Waals surface area contributed by atoms with Gasteiger partial charge in [0.25, 0.3) is 0 Å². The average Bonchev–Trinajstić information content (AvgIpc) is 4.12. The normalized spacial score (nSPS) is 11.4. The van der Waals surface area contributed by atoms with Crippen molar-refractivity contribution in [2.24, 2.45) is 4.99 Å². The van der Waals surface area contributed by atoms with Gasteiger partial charge >= 0.3 is 0 Å². The number of rotatable bonds is 10. The summed E-state index contributed by atoms with van der Waals surface area (Å²) in [6.07, 6.45) is 3.17. The van der Waals surface area contributed by atoms with Gasteiger partial charge in [0.05, 0.1) is 0 Å². The van der Waals surface area contributed by atoms with Crippen LogP contribution in [0.4, 0.5) is 0 Å². The van der Waals surface area contributed by atoms with Crippen molar-refractivity contribution in [2.75, 3.05) is 7.05 Å². The first kappa shape index (κ1) is 54.0. The van der Waals surface area contributed by atoms with Gasteiger partial charge in [-0.1, -0.05) is 144 Å². The second-order valence-electron chi connectivity index (χ2n) is 18.9. The molecule has 0 aliphatic carbocycles. The molecule has 74 heavy (non-hydrogen) atoms. The van der Waals surface area contributed by atoms with E-state index < -0.39 is 0 Å². The summed E-state index contributed by atoms with van der Waals surface area (Å²) in [5.41, 5.74) is 20.3. The fourth-order valence-electron chi connectivity index (χ4n) is 9.49. The highest BCUT2D eigenvalue weighted by Gasteiger charge is 2.17. The Balaban J connectivity index is 0.000000175. The number of aryl methyl sites for hydroxylation is 10. The number of halogens is 1. The Morgan fingerprint density at radius 1 is 0.419 bits per heavy atom. The standard InChI is InChI=1S/C32H31N3.C17H18BrN3.C16H17N.CH4/c1-22-10-9-13-28(18-22)30(19-27-11-7-6-8-12-27)29-20-31(34-23(2)14-15-24(34)3)33-32(21-29)35-25(4)16-17-26(35)5;1-11-5-6-12(2)20(11)16-9-15(18)10-17(19-16)21-13(3)7-8-14(21)4;1-13-7-6-10-15(11-13)16(17-2)12-14-8-4-3-5-9-14;/h6-21H,1-5H3;5-10H,1-4H3;3-11H,12H2,1-2H3;1H4. The minimum absolute atomic E-state index is 0. The fourth-order valence-corrected chi connectivity index (χ4v) is 9.90. The van der Waals surface area contributed by atoms with Gasteiger partial charge in [-0.05, 0) is 182 Å². The van der Waals surface area contributed by atoms with Crippen molar-refractivity contribution in [3.8, 4) is 23.3 Å². The highest BCUT2D eigenvalue weighted by atomic mass is 79.9. The monoisotopic (exact) mass is 1040 g/mol. The summed E-state index contributed by atoms with van der Waals surface area (Å²) < 4.78 is 9.84. The zero-order valence-corrected chi connectivity index (χ0v) is 45.7. The van der Waals surface area contributed by atoms with Crippen LogP contribution in [0.2, 0.25) is 0 Å². The van der Waals surface area contributed by atoms with E-state index in [0.29, 0.717) is 0 Å². The van der Waals surface area contributed by atoms with Crippen LogP contribution in [-0.4, -0.2) is 41.0 Å². The van der Waals surface area contributed by atoms with Gasteiger partial charge < -0.3 is 18.3 Å². The number of pyridine rings is 2. The maximum atomic E-state index is 5.16. The van der Waals surface area contributed by atoms with Gasteiger partial charge in [0.2, 0.25) is 0 Å². The lowest BCUT2D eigenvalue weighted by molar-refractivity contribution is 0.871. The Kier molecular flexibility index (Phi) is 17.7. The number of hydrogen-bond donors (Lipinski definition) is 0. The predicted octanol–water partition coefficient (Wildman–Crippen LogP) is 16.7. The maximum absolute atomic E-state index is 5.16. The molecular formula is C66H70BrN7. The van der Waals surface area contributed by atoms with Gasteiger partial charge in [-0.3, -0.25) is 4.99 Å². The minimum atomic E-state index is 0. The quantitative estimate of drug-likeness (QED) is 0.101. The van der Waals surface area contributed by atoms with E-state index in [1.807, 2.05) is 13.1 Å². The van der Waals surface area contributed by atoms with E-state index in [1.54, 1.807) is 0 Å². The summed E-state index contributed by atoms with van der Waals surface area (Å²) in [4.78, 5) is 14.4. The third-order valence-electron chi connectivity index (χ3n) is 13.1. The Bertz CT molecular complexity index is 3350. The van der Waals surface area contributed by atoms with E-state index in [1.165, 1.54) is 84.5 Å².